The van der Waals surface area contributed by atoms with E-state index in [9.17, 15) is 14.4 Å². The molecule has 1 aliphatic rings. The fourth-order valence-corrected chi connectivity index (χ4v) is 3.26. The van der Waals surface area contributed by atoms with Gasteiger partial charge in [0.25, 0.3) is 0 Å². The number of rotatable bonds is 7. The van der Waals surface area contributed by atoms with E-state index in [1.165, 1.54) is 0 Å². The Labute approximate surface area is 163 Å². The van der Waals surface area contributed by atoms with Crippen molar-refractivity contribution in [2.45, 2.75) is 31.8 Å². The van der Waals surface area contributed by atoms with Crippen molar-refractivity contribution in [1.82, 2.24) is 10.6 Å². The summed E-state index contributed by atoms with van der Waals surface area (Å²) in [7, 11) is 0. The second-order valence-electron chi connectivity index (χ2n) is 6.78. The van der Waals surface area contributed by atoms with Gasteiger partial charge in [0.15, 0.2) is 0 Å². The number of hydrogen-bond donors (Lipinski definition) is 3. The van der Waals surface area contributed by atoms with Crippen molar-refractivity contribution in [3.05, 3.63) is 65.7 Å². The van der Waals surface area contributed by atoms with Crippen LogP contribution >= 0.6 is 0 Å². The maximum atomic E-state index is 12.5. The Kier molecular flexibility index (Phi) is 6.26. The highest BCUT2D eigenvalue weighted by atomic mass is 16.2. The Hall–Kier alpha value is -3.35. The summed E-state index contributed by atoms with van der Waals surface area (Å²) in [5, 5.41) is 5.33. The number of carbonyl (C=O) groups is 3. The number of primary amides is 1. The van der Waals surface area contributed by atoms with Crippen LogP contribution in [0, 0.1) is 0 Å². The summed E-state index contributed by atoms with van der Waals surface area (Å²) in [4.78, 5) is 37.4. The summed E-state index contributed by atoms with van der Waals surface area (Å²) in [6, 6.07) is 15.5. The van der Waals surface area contributed by atoms with Crippen molar-refractivity contribution in [2.24, 2.45) is 5.73 Å². The molecule has 1 heterocycles. The number of urea groups is 1. The first kappa shape index (κ1) is 19.4. The molecule has 2 aromatic rings. The predicted molar refractivity (Wildman–Crippen MR) is 107 cm³/mol. The minimum Gasteiger partial charge on any atom is -0.352 e. The maximum Gasteiger partial charge on any atom is 0.312 e. The van der Waals surface area contributed by atoms with Crippen molar-refractivity contribution < 1.29 is 14.4 Å². The number of amides is 4. The standard InChI is InChI=1S/C21H24N4O3/c22-21(28)24-18(13-15-5-2-1-3-6-15)20(27)23-14-16-8-10-17(11-9-16)25-12-4-7-19(25)26/h1-3,5-6,8-11,18H,4,7,12-14H2,(H,23,27)(H3,22,24,28)/t18-/m0/s1. The minimum atomic E-state index is -0.749. The number of hydrogen-bond acceptors (Lipinski definition) is 3. The number of anilines is 1. The van der Waals surface area contributed by atoms with Crippen molar-refractivity contribution in [1.29, 1.82) is 0 Å². The monoisotopic (exact) mass is 380 g/mol. The molecule has 0 spiro atoms. The van der Waals surface area contributed by atoms with Gasteiger partial charge in [0, 0.05) is 31.6 Å². The van der Waals surface area contributed by atoms with Crippen molar-refractivity contribution in [3.63, 3.8) is 0 Å². The van der Waals surface area contributed by atoms with Gasteiger partial charge in [-0.2, -0.15) is 0 Å². The van der Waals surface area contributed by atoms with Gasteiger partial charge in [-0.15, -0.1) is 0 Å². The third kappa shape index (κ3) is 5.09. The van der Waals surface area contributed by atoms with Crippen LogP contribution in [0.3, 0.4) is 0 Å². The molecular formula is C21H24N4O3. The molecule has 0 aliphatic carbocycles. The quantitative estimate of drug-likeness (QED) is 0.681. The normalized spacial score (nSPS) is 14.6. The van der Waals surface area contributed by atoms with Crippen LogP contribution in [-0.2, 0) is 22.6 Å². The van der Waals surface area contributed by atoms with Crippen molar-refractivity contribution in [2.75, 3.05) is 11.4 Å². The lowest BCUT2D eigenvalue weighted by molar-refractivity contribution is -0.123. The average Bonchev–Trinajstić information content (AvgIpc) is 3.12. The van der Waals surface area contributed by atoms with E-state index in [2.05, 4.69) is 10.6 Å². The highest BCUT2D eigenvalue weighted by Gasteiger charge is 2.22. The summed E-state index contributed by atoms with van der Waals surface area (Å²) >= 11 is 0. The van der Waals surface area contributed by atoms with Crippen LogP contribution in [0.1, 0.15) is 24.0 Å². The Bertz CT molecular complexity index is 836. The molecule has 1 saturated heterocycles. The maximum absolute atomic E-state index is 12.5. The zero-order chi connectivity index (χ0) is 19.9. The van der Waals surface area contributed by atoms with Crippen LogP contribution in [0.5, 0.6) is 0 Å². The summed E-state index contributed by atoms with van der Waals surface area (Å²) in [5.74, 6) is -0.163. The molecule has 1 fully saturated rings. The smallest absolute Gasteiger partial charge is 0.312 e. The van der Waals surface area contributed by atoms with E-state index in [1.54, 1.807) is 4.90 Å². The van der Waals surface area contributed by atoms with Gasteiger partial charge < -0.3 is 21.3 Å². The molecule has 0 aromatic heterocycles. The van der Waals surface area contributed by atoms with Crippen LogP contribution in [0.4, 0.5) is 10.5 Å². The predicted octanol–water partition coefficient (Wildman–Crippen LogP) is 1.71. The molecule has 7 nitrogen and oxygen atoms in total. The third-order valence-corrected chi connectivity index (χ3v) is 4.70. The lowest BCUT2D eigenvalue weighted by Crippen LogP contribution is -2.49. The summed E-state index contributed by atoms with van der Waals surface area (Å²) in [6.45, 7) is 1.06. The summed E-state index contributed by atoms with van der Waals surface area (Å²) < 4.78 is 0. The lowest BCUT2D eigenvalue weighted by atomic mass is 10.1. The van der Waals surface area contributed by atoms with Gasteiger partial charge >= 0.3 is 6.03 Å². The third-order valence-electron chi connectivity index (χ3n) is 4.70. The first-order chi connectivity index (χ1) is 13.5. The molecular weight excluding hydrogens is 356 g/mol. The molecule has 0 unspecified atom stereocenters. The van der Waals surface area contributed by atoms with Crippen LogP contribution in [0.15, 0.2) is 54.6 Å². The molecule has 2 aromatic carbocycles. The second kappa shape index (κ2) is 9.03. The summed E-state index contributed by atoms with van der Waals surface area (Å²) in [5.41, 5.74) is 7.92. The molecule has 3 rings (SSSR count). The Morgan fingerprint density at radius 2 is 1.75 bits per heavy atom. The van der Waals surface area contributed by atoms with Crippen LogP contribution in [0.25, 0.3) is 0 Å². The lowest BCUT2D eigenvalue weighted by Gasteiger charge is -2.18. The van der Waals surface area contributed by atoms with Crippen LogP contribution in [-0.4, -0.2) is 30.4 Å². The molecule has 28 heavy (non-hydrogen) atoms. The molecule has 4 amide bonds. The number of benzene rings is 2. The molecule has 7 heteroatoms. The van der Waals surface area contributed by atoms with E-state index in [-0.39, 0.29) is 11.8 Å². The molecule has 0 bridgehead atoms. The minimum absolute atomic E-state index is 0.141. The highest BCUT2D eigenvalue weighted by molar-refractivity contribution is 5.95. The van der Waals surface area contributed by atoms with E-state index in [4.69, 9.17) is 5.73 Å². The SMILES string of the molecule is NC(=O)N[C@@H](Cc1ccccc1)C(=O)NCc1ccc(N2CCCC2=O)cc1. The van der Waals surface area contributed by atoms with E-state index >= 15 is 0 Å². The molecule has 0 radical (unpaired) electrons. The fourth-order valence-electron chi connectivity index (χ4n) is 3.26. The molecule has 1 atom stereocenters. The number of nitrogens with zero attached hydrogens (tertiary/aromatic N) is 1. The first-order valence-electron chi connectivity index (χ1n) is 9.30. The number of nitrogens with two attached hydrogens (primary N) is 1. The zero-order valence-electron chi connectivity index (χ0n) is 15.6. The summed E-state index contributed by atoms with van der Waals surface area (Å²) in [6.07, 6.45) is 1.82. The molecule has 146 valence electrons. The number of nitrogens with one attached hydrogen (secondary N) is 2. The molecule has 4 N–H and O–H groups in total. The van der Waals surface area contributed by atoms with E-state index in [0.717, 1.165) is 29.8 Å². The Morgan fingerprint density at radius 1 is 1.04 bits per heavy atom. The number of carbonyl (C=O) groups excluding carboxylic acids is 3. The van der Waals surface area contributed by atoms with Gasteiger partial charge in [0.05, 0.1) is 0 Å². The Balaban J connectivity index is 1.58. The molecule has 0 saturated carbocycles. The van der Waals surface area contributed by atoms with Gasteiger partial charge in [-0.3, -0.25) is 9.59 Å². The van der Waals surface area contributed by atoms with Crippen LogP contribution in [0.2, 0.25) is 0 Å². The van der Waals surface area contributed by atoms with Gasteiger partial charge in [0.2, 0.25) is 11.8 Å². The first-order valence-corrected chi connectivity index (χ1v) is 9.30. The van der Waals surface area contributed by atoms with Gasteiger partial charge in [-0.1, -0.05) is 42.5 Å². The topological polar surface area (TPSA) is 105 Å². The van der Waals surface area contributed by atoms with Crippen LogP contribution < -0.4 is 21.3 Å². The zero-order valence-corrected chi connectivity index (χ0v) is 15.6. The van der Waals surface area contributed by atoms with Gasteiger partial charge in [-0.25, -0.2) is 4.79 Å². The Morgan fingerprint density at radius 3 is 2.36 bits per heavy atom. The van der Waals surface area contributed by atoms with E-state index in [1.807, 2.05) is 54.6 Å². The second-order valence-corrected chi connectivity index (χ2v) is 6.78. The highest BCUT2D eigenvalue weighted by Crippen LogP contribution is 2.21. The van der Waals surface area contributed by atoms with E-state index < -0.39 is 12.1 Å². The molecule has 1 aliphatic heterocycles. The largest absolute Gasteiger partial charge is 0.352 e. The van der Waals surface area contributed by atoms with Gasteiger partial charge in [-0.05, 0) is 29.7 Å². The fraction of sp³-hybridized carbons (Fsp3) is 0.286. The van der Waals surface area contributed by atoms with Crippen molar-refractivity contribution in [3.8, 4) is 0 Å². The average molecular weight is 380 g/mol. The van der Waals surface area contributed by atoms with Gasteiger partial charge in [0.1, 0.15) is 6.04 Å². The van der Waals surface area contributed by atoms with E-state index in [0.29, 0.717) is 19.4 Å². The van der Waals surface area contributed by atoms with Crippen molar-refractivity contribution >= 4 is 23.5 Å².